The second-order valence-corrected chi connectivity index (χ2v) is 10.3. The van der Waals surface area contributed by atoms with Crippen LogP contribution in [-0.2, 0) is 9.84 Å². The van der Waals surface area contributed by atoms with Crippen molar-refractivity contribution in [3.8, 4) is 0 Å². The molecule has 5 nitrogen and oxygen atoms in total. The summed E-state index contributed by atoms with van der Waals surface area (Å²) in [6.45, 7) is 4.52. The molecule has 32 heavy (non-hydrogen) atoms. The second-order valence-electron chi connectivity index (χ2n) is 8.30. The Hall–Kier alpha value is -2.96. The third-order valence-electron chi connectivity index (χ3n) is 6.06. The molecule has 0 aromatic heterocycles. The van der Waals surface area contributed by atoms with Gasteiger partial charge in [0.25, 0.3) is 5.91 Å². The number of rotatable bonds is 5. The lowest BCUT2D eigenvalue weighted by atomic mass is 9.96. The molecular weight excluding hydrogens is 420 g/mol. The van der Waals surface area contributed by atoms with Gasteiger partial charge >= 0.3 is 0 Å². The molecule has 166 valence electrons. The van der Waals surface area contributed by atoms with Crippen molar-refractivity contribution in [2.75, 3.05) is 32.4 Å². The number of hydrogen-bond acceptors (Lipinski definition) is 4. The van der Waals surface area contributed by atoms with E-state index in [-0.39, 0.29) is 16.8 Å². The molecule has 0 bridgehead atoms. The molecule has 3 aromatic rings. The van der Waals surface area contributed by atoms with Crippen molar-refractivity contribution >= 4 is 15.7 Å². The first kappa shape index (κ1) is 22.2. The highest BCUT2D eigenvalue weighted by molar-refractivity contribution is 7.90. The zero-order chi connectivity index (χ0) is 22.7. The van der Waals surface area contributed by atoms with Crippen LogP contribution in [-0.4, -0.2) is 56.6 Å². The van der Waals surface area contributed by atoms with E-state index in [9.17, 15) is 13.2 Å². The van der Waals surface area contributed by atoms with Gasteiger partial charge in [-0.1, -0.05) is 66.7 Å². The van der Waals surface area contributed by atoms with Crippen molar-refractivity contribution in [2.24, 2.45) is 0 Å². The fourth-order valence-corrected chi connectivity index (χ4v) is 4.95. The minimum Gasteiger partial charge on any atom is -0.336 e. The van der Waals surface area contributed by atoms with Crippen molar-refractivity contribution in [1.82, 2.24) is 9.80 Å². The summed E-state index contributed by atoms with van der Waals surface area (Å²) in [4.78, 5) is 17.7. The molecule has 0 aliphatic carbocycles. The van der Waals surface area contributed by atoms with Crippen molar-refractivity contribution in [3.63, 3.8) is 0 Å². The van der Waals surface area contributed by atoms with Crippen LogP contribution in [0, 0.1) is 6.92 Å². The highest BCUT2D eigenvalue weighted by Gasteiger charge is 2.29. The fourth-order valence-electron chi connectivity index (χ4n) is 4.30. The molecule has 0 N–H and O–H groups in total. The standard InChI is InChI=1S/C26H28N2O3S/c1-20-13-14-23(32(2,30)31)19-24(20)26(29)28-17-15-27(16-18-28)25(21-9-5-3-6-10-21)22-11-7-4-8-12-22/h3-14,19,25H,15-18H2,1-2H3. The molecule has 0 unspecified atom stereocenters. The van der Waals surface area contributed by atoms with E-state index in [4.69, 9.17) is 0 Å². The summed E-state index contributed by atoms with van der Waals surface area (Å²) in [7, 11) is -3.37. The summed E-state index contributed by atoms with van der Waals surface area (Å²) in [6.07, 6.45) is 1.16. The van der Waals surface area contributed by atoms with Crippen molar-refractivity contribution in [3.05, 3.63) is 101 Å². The maximum atomic E-state index is 13.2. The molecule has 1 heterocycles. The molecular formula is C26H28N2O3S. The smallest absolute Gasteiger partial charge is 0.254 e. The Labute approximate surface area is 190 Å². The quantitative estimate of drug-likeness (QED) is 0.593. The average molecular weight is 449 g/mol. The maximum absolute atomic E-state index is 13.2. The Morgan fingerprint density at radius 1 is 0.812 bits per heavy atom. The Morgan fingerprint density at radius 2 is 1.34 bits per heavy atom. The molecule has 0 radical (unpaired) electrons. The van der Waals surface area contributed by atoms with E-state index in [0.29, 0.717) is 18.7 Å². The minimum atomic E-state index is -3.37. The number of sulfone groups is 1. The van der Waals surface area contributed by atoms with Gasteiger partial charge in [-0.05, 0) is 35.7 Å². The lowest BCUT2D eigenvalue weighted by Crippen LogP contribution is -2.50. The molecule has 0 spiro atoms. The normalized spacial score (nSPS) is 15.2. The molecule has 3 aromatic carbocycles. The first-order valence-corrected chi connectivity index (χ1v) is 12.7. The van der Waals surface area contributed by atoms with E-state index in [1.54, 1.807) is 12.1 Å². The summed E-state index contributed by atoms with van der Waals surface area (Å²) >= 11 is 0. The van der Waals surface area contributed by atoms with Crippen LogP contribution in [0.3, 0.4) is 0 Å². The van der Waals surface area contributed by atoms with Crippen LogP contribution in [0.1, 0.15) is 33.1 Å². The van der Waals surface area contributed by atoms with Crippen molar-refractivity contribution in [2.45, 2.75) is 17.9 Å². The zero-order valence-corrected chi connectivity index (χ0v) is 19.3. The van der Waals surface area contributed by atoms with E-state index in [1.165, 1.54) is 17.2 Å². The summed E-state index contributed by atoms with van der Waals surface area (Å²) < 4.78 is 23.9. The summed E-state index contributed by atoms with van der Waals surface area (Å²) in [5.41, 5.74) is 3.71. The van der Waals surface area contributed by atoms with E-state index in [0.717, 1.165) is 24.9 Å². The number of piperazine rings is 1. The Morgan fingerprint density at radius 3 is 1.84 bits per heavy atom. The summed E-state index contributed by atoms with van der Waals surface area (Å²) in [6, 6.07) is 25.8. The zero-order valence-electron chi connectivity index (χ0n) is 18.4. The van der Waals surface area contributed by atoms with Crippen LogP contribution >= 0.6 is 0 Å². The van der Waals surface area contributed by atoms with E-state index < -0.39 is 9.84 Å². The van der Waals surface area contributed by atoms with Crippen LogP contribution in [0.5, 0.6) is 0 Å². The first-order valence-electron chi connectivity index (χ1n) is 10.8. The second kappa shape index (κ2) is 9.27. The lowest BCUT2D eigenvalue weighted by molar-refractivity contribution is 0.0596. The van der Waals surface area contributed by atoms with Crippen molar-refractivity contribution < 1.29 is 13.2 Å². The van der Waals surface area contributed by atoms with Gasteiger partial charge in [0.15, 0.2) is 9.84 Å². The monoisotopic (exact) mass is 448 g/mol. The third-order valence-corrected chi connectivity index (χ3v) is 7.18. The van der Waals surface area contributed by atoms with Gasteiger partial charge in [-0.15, -0.1) is 0 Å². The SMILES string of the molecule is Cc1ccc(S(C)(=O)=O)cc1C(=O)N1CCN(C(c2ccccc2)c2ccccc2)CC1. The molecule has 1 aliphatic heterocycles. The molecule has 0 atom stereocenters. The Bertz CT molecular complexity index is 1150. The number of carbonyl (C=O) groups is 1. The summed E-state index contributed by atoms with van der Waals surface area (Å²) in [5, 5.41) is 0. The van der Waals surface area contributed by atoms with Gasteiger partial charge < -0.3 is 4.90 Å². The third kappa shape index (κ3) is 4.76. The number of hydrogen-bond donors (Lipinski definition) is 0. The molecule has 1 fully saturated rings. The highest BCUT2D eigenvalue weighted by atomic mass is 32.2. The summed E-state index contributed by atoms with van der Waals surface area (Å²) in [5.74, 6) is -0.108. The van der Waals surface area contributed by atoms with Gasteiger partial charge in [0.05, 0.1) is 10.9 Å². The lowest BCUT2D eigenvalue weighted by Gasteiger charge is -2.40. The molecule has 6 heteroatoms. The fraction of sp³-hybridized carbons (Fsp3) is 0.269. The Kier molecular flexibility index (Phi) is 6.44. The number of benzene rings is 3. The van der Waals surface area contributed by atoms with Gasteiger partial charge in [0.2, 0.25) is 0 Å². The highest BCUT2D eigenvalue weighted by Crippen LogP contribution is 2.30. The topological polar surface area (TPSA) is 57.7 Å². The van der Waals surface area contributed by atoms with Crippen molar-refractivity contribution in [1.29, 1.82) is 0 Å². The number of aryl methyl sites for hydroxylation is 1. The van der Waals surface area contributed by atoms with Crippen LogP contribution in [0.25, 0.3) is 0 Å². The van der Waals surface area contributed by atoms with Crippen LogP contribution in [0.15, 0.2) is 83.8 Å². The van der Waals surface area contributed by atoms with Gasteiger partial charge in [-0.3, -0.25) is 9.69 Å². The largest absolute Gasteiger partial charge is 0.336 e. The molecule has 1 amide bonds. The van der Waals surface area contributed by atoms with E-state index in [2.05, 4.69) is 53.4 Å². The Balaban J connectivity index is 1.54. The predicted molar refractivity (Wildman–Crippen MR) is 126 cm³/mol. The predicted octanol–water partition coefficient (Wildman–Crippen LogP) is 3.95. The van der Waals surface area contributed by atoms with Crippen LogP contribution in [0.4, 0.5) is 0 Å². The molecule has 0 saturated carbocycles. The number of nitrogens with zero attached hydrogens (tertiary/aromatic N) is 2. The molecule has 4 rings (SSSR count). The first-order chi connectivity index (χ1) is 15.3. The maximum Gasteiger partial charge on any atom is 0.254 e. The van der Waals surface area contributed by atoms with Crippen LogP contribution < -0.4 is 0 Å². The van der Waals surface area contributed by atoms with Gasteiger partial charge in [0.1, 0.15) is 0 Å². The van der Waals surface area contributed by atoms with Gasteiger partial charge in [-0.25, -0.2) is 8.42 Å². The molecule has 1 saturated heterocycles. The minimum absolute atomic E-state index is 0.108. The molecule has 1 aliphatic rings. The average Bonchev–Trinajstić information content (AvgIpc) is 2.80. The van der Waals surface area contributed by atoms with Crippen LogP contribution in [0.2, 0.25) is 0 Å². The van der Waals surface area contributed by atoms with Gasteiger partial charge in [-0.2, -0.15) is 0 Å². The van der Waals surface area contributed by atoms with E-state index >= 15 is 0 Å². The van der Waals surface area contributed by atoms with E-state index in [1.807, 2.05) is 24.0 Å². The number of carbonyl (C=O) groups excluding carboxylic acids is 1. The van der Waals surface area contributed by atoms with Gasteiger partial charge in [0, 0.05) is 38.0 Å². The number of amides is 1.